The number of aromatic nitrogens is 2. The second-order valence-electron chi connectivity index (χ2n) is 7.70. The summed E-state index contributed by atoms with van der Waals surface area (Å²) >= 11 is 6.05. The smallest absolute Gasteiger partial charge is 0.255 e. The van der Waals surface area contributed by atoms with E-state index >= 15 is 0 Å². The molecule has 160 valence electrons. The van der Waals surface area contributed by atoms with Crippen LogP contribution in [0.4, 0.5) is 15.8 Å². The SMILES string of the molecule is O=C1NC[C@H](C[C@H]2CCO2)c2[nH]c(-c3ccncc3F)c(Nc3cccc(Cl)c3O)c21. The molecule has 0 bridgehead atoms. The van der Waals surface area contributed by atoms with Crippen LogP contribution in [0.15, 0.2) is 36.7 Å². The Balaban J connectivity index is 1.66. The Labute approximate surface area is 182 Å². The van der Waals surface area contributed by atoms with Crippen LogP contribution in [-0.2, 0) is 4.74 Å². The van der Waals surface area contributed by atoms with Gasteiger partial charge in [-0.15, -0.1) is 0 Å². The molecule has 0 spiro atoms. The fraction of sp³-hybridized carbons (Fsp3) is 0.273. The number of rotatable bonds is 5. The van der Waals surface area contributed by atoms with Crippen molar-refractivity contribution in [2.24, 2.45) is 0 Å². The third-order valence-corrected chi connectivity index (χ3v) is 6.11. The van der Waals surface area contributed by atoms with Crippen molar-refractivity contribution in [1.82, 2.24) is 15.3 Å². The lowest BCUT2D eigenvalue weighted by molar-refractivity contribution is -0.0582. The largest absolute Gasteiger partial charge is 0.504 e. The highest BCUT2D eigenvalue weighted by Gasteiger charge is 2.35. The Hall–Kier alpha value is -3.10. The Morgan fingerprint density at radius 2 is 2.19 bits per heavy atom. The number of carbonyl (C=O) groups excluding carboxylic acids is 1. The summed E-state index contributed by atoms with van der Waals surface area (Å²) in [6.07, 6.45) is 4.47. The molecule has 4 N–H and O–H groups in total. The second kappa shape index (κ2) is 7.86. The zero-order chi connectivity index (χ0) is 21.5. The number of fused-ring (bicyclic) bond motifs is 1. The van der Waals surface area contributed by atoms with Crippen molar-refractivity contribution in [1.29, 1.82) is 0 Å². The number of aromatic amines is 1. The van der Waals surface area contributed by atoms with Gasteiger partial charge in [-0.2, -0.15) is 0 Å². The van der Waals surface area contributed by atoms with E-state index in [1.165, 1.54) is 12.3 Å². The zero-order valence-electron chi connectivity index (χ0n) is 16.4. The number of H-pyrrole nitrogens is 1. The first-order chi connectivity index (χ1) is 15.0. The number of aromatic hydroxyl groups is 1. The third-order valence-electron chi connectivity index (χ3n) is 5.80. The van der Waals surface area contributed by atoms with Crippen molar-refractivity contribution in [3.63, 3.8) is 0 Å². The molecule has 1 saturated heterocycles. The van der Waals surface area contributed by atoms with Crippen LogP contribution in [0.3, 0.4) is 0 Å². The van der Waals surface area contributed by atoms with Gasteiger partial charge in [0.1, 0.15) is 0 Å². The summed E-state index contributed by atoms with van der Waals surface area (Å²) in [5.41, 5.74) is 2.45. The molecule has 1 aromatic carbocycles. The van der Waals surface area contributed by atoms with E-state index in [2.05, 4.69) is 20.6 Å². The van der Waals surface area contributed by atoms with Crippen LogP contribution >= 0.6 is 11.6 Å². The second-order valence-corrected chi connectivity index (χ2v) is 8.11. The van der Waals surface area contributed by atoms with Crippen molar-refractivity contribution >= 4 is 28.9 Å². The summed E-state index contributed by atoms with van der Waals surface area (Å²) in [6.45, 7) is 1.21. The molecule has 2 aliphatic heterocycles. The number of phenolic OH excluding ortho intramolecular Hbond substituents is 1. The van der Waals surface area contributed by atoms with E-state index in [9.17, 15) is 14.3 Å². The maximum atomic E-state index is 14.7. The van der Waals surface area contributed by atoms with Crippen LogP contribution in [0.5, 0.6) is 5.75 Å². The van der Waals surface area contributed by atoms with Gasteiger partial charge >= 0.3 is 0 Å². The molecule has 2 atom stereocenters. The van der Waals surface area contributed by atoms with Gasteiger partial charge in [0.25, 0.3) is 5.91 Å². The number of amides is 1. The molecule has 4 heterocycles. The third kappa shape index (κ3) is 3.51. The van der Waals surface area contributed by atoms with E-state index in [0.29, 0.717) is 29.2 Å². The average molecular weight is 443 g/mol. The van der Waals surface area contributed by atoms with Crippen molar-refractivity contribution < 1.29 is 19.0 Å². The lowest BCUT2D eigenvalue weighted by Crippen LogP contribution is -2.38. The van der Waals surface area contributed by atoms with Gasteiger partial charge < -0.3 is 25.5 Å². The van der Waals surface area contributed by atoms with Crippen LogP contribution in [-0.4, -0.2) is 40.2 Å². The van der Waals surface area contributed by atoms with Gasteiger partial charge in [0.2, 0.25) is 0 Å². The van der Waals surface area contributed by atoms with Crippen LogP contribution in [0.2, 0.25) is 5.02 Å². The number of carbonyl (C=O) groups is 1. The van der Waals surface area contributed by atoms with E-state index in [-0.39, 0.29) is 34.3 Å². The molecule has 3 aromatic rings. The maximum absolute atomic E-state index is 14.7. The topological polar surface area (TPSA) is 99.3 Å². The number of halogens is 2. The predicted molar refractivity (Wildman–Crippen MR) is 114 cm³/mol. The number of para-hydroxylation sites is 1. The minimum atomic E-state index is -0.529. The fourth-order valence-electron chi connectivity index (χ4n) is 4.11. The van der Waals surface area contributed by atoms with Gasteiger partial charge in [0.15, 0.2) is 11.6 Å². The molecule has 31 heavy (non-hydrogen) atoms. The average Bonchev–Trinajstić information content (AvgIpc) is 3.10. The van der Waals surface area contributed by atoms with E-state index in [1.807, 2.05) is 0 Å². The molecule has 0 unspecified atom stereocenters. The first kappa shape index (κ1) is 19.8. The molecule has 2 aliphatic rings. The Morgan fingerprint density at radius 3 is 2.94 bits per heavy atom. The highest BCUT2D eigenvalue weighted by Crippen LogP contribution is 2.43. The van der Waals surface area contributed by atoms with Crippen LogP contribution in [0, 0.1) is 5.82 Å². The number of phenols is 1. The molecule has 5 rings (SSSR count). The lowest BCUT2D eigenvalue weighted by Gasteiger charge is -2.32. The number of hydrogen-bond donors (Lipinski definition) is 4. The number of nitrogens with zero attached hydrogens (tertiary/aromatic N) is 1. The number of ether oxygens (including phenoxy) is 1. The molecule has 0 aliphatic carbocycles. The van der Waals surface area contributed by atoms with Crippen LogP contribution in [0.1, 0.15) is 34.8 Å². The highest BCUT2D eigenvalue weighted by atomic mass is 35.5. The number of anilines is 2. The van der Waals surface area contributed by atoms with E-state index in [4.69, 9.17) is 16.3 Å². The van der Waals surface area contributed by atoms with E-state index in [1.54, 1.807) is 18.2 Å². The monoisotopic (exact) mass is 442 g/mol. The van der Waals surface area contributed by atoms with Crippen LogP contribution < -0.4 is 10.6 Å². The van der Waals surface area contributed by atoms with Gasteiger partial charge in [0, 0.05) is 36.5 Å². The quantitative estimate of drug-likeness (QED) is 0.441. The van der Waals surface area contributed by atoms with Gasteiger partial charge in [-0.25, -0.2) is 4.39 Å². The lowest BCUT2D eigenvalue weighted by atomic mass is 9.89. The molecule has 2 aromatic heterocycles. The predicted octanol–water partition coefficient (Wildman–Crippen LogP) is 4.32. The maximum Gasteiger partial charge on any atom is 0.255 e. The fourth-order valence-corrected chi connectivity index (χ4v) is 4.29. The van der Waals surface area contributed by atoms with Gasteiger partial charge in [-0.1, -0.05) is 17.7 Å². The molecule has 1 fully saturated rings. The van der Waals surface area contributed by atoms with Gasteiger partial charge in [0.05, 0.1) is 40.0 Å². The van der Waals surface area contributed by atoms with Crippen LogP contribution in [0.25, 0.3) is 11.3 Å². The molecular formula is C22H20ClFN4O3. The molecule has 0 radical (unpaired) electrons. The van der Waals surface area contributed by atoms with Crippen molar-refractivity contribution in [2.75, 3.05) is 18.5 Å². The summed E-state index contributed by atoms with van der Waals surface area (Å²) in [7, 11) is 0. The zero-order valence-corrected chi connectivity index (χ0v) is 17.2. The summed E-state index contributed by atoms with van der Waals surface area (Å²) in [5, 5.41) is 16.6. The standard InChI is InChI=1S/C22H20ClFN4O3/c23-14-2-1-3-16(21(14)29)27-20-17-18(28-19(20)13-4-6-25-10-15(13)24)11(9-26-22(17)30)8-12-5-7-31-12/h1-4,6,10-12,27-29H,5,7-9H2,(H,26,30)/t11-,12+/m0/s1. The van der Waals surface area contributed by atoms with E-state index in [0.717, 1.165) is 31.3 Å². The minimum absolute atomic E-state index is 0.00911. The summed E-state index contributed by atoms with van der Waals surface area (Å²) < 4.78 is 20.3. The van der Waals surface area contributed by atoms with Crippen molar-refractivity contribution in [3.8, 4) is 17.0 Å². The van der Waals surface area contributed by atoms with Gasteiger partial charge in [-0.3, -0.25) is 9.78 Å². The summed E-state index contributed by atoms with van der Waals surface area (Å²) in [4.78, 5) is 20.0. The molecule has 7 nitrogen and oxygen atoms in total. The first-order valence-electron chi connectivity index (χ1n) is 10.0. The number of benzene rings is 1. The number of hydrogen-bond acceptors (Lipinski definition) is 5. The Kier molecular flexibility index (Phi) is 5.03. The van der Waals surface area contributed by atoms with Crippen molar-refractivity contribution in [3.05, 3.63) is 58.8 Å². The molecular weight excluding hydrogens is 423 g/mol. The number of pyridine rings is 1. The summed E-state index contributed by atoms with van der Waals surface area (Å²) in [5.74, 6) is -0.971. The molecule has 9 heteroatoms. The molecule has 0 saturated carbocycles. The normalized spacial score (nSPS) is 20.0. The minimum Gasteiger partial charge on any atom is -0.504 e. The summed E-state index contributed by atoms with van der Waals surface area (Å²) in [6, 6.07) is 6.40. The number of nitrogens with one attached hydrogen (secondary N) is 3. The first-order valence-corrected chi connectivity index (χ1v) is 10.4. The highest BCUT2D eigenvalue weighted by molar-refractivity contribution is 6.32. The Morgan fingerprint density at radius 1 is 1.35 bits per heavy atom. The van der Waals surface area contributed by atoms with Gasteiger partial charge in [-0.05, 0) is 31.0 Å². The van der Waals surface area contributed by atoms with Crippen molar-refractivity contribution in [2.45, 2.75) is 24.9 Å². The molecule has 1 amide bonds. The van der Waals surface area contributed by atoms with E-state index < -0.39 is 5.82 Å². The Bertz CT molecular complexity index is 1160.